The smallest absolute Gasteiger partial charge is 0.255 e. The Labute approximate surface area is 148 Å². The molecule has 0 aromatic heterocycles. The molecule has 0 radical (unpaired) electrons. The summed E-state index contributed by atoms with van der Waals surface area (Å²) in [6, 6.07) is 12.5. The lowest BCUT2D eigenvalue weighted by Gasteiger charge is -2.19. The van der Waals surface area contributed by atoms with E-state index in [1.807, 2.05) is 51.1 Å². The Kier molecular flexibility index (Phi) is 6.28. The number of carbonyl (C=O) groups excluding carboxylic acids is 1. The van der Waals surface area contributed by atoms with E-state index in [4.69, 9.17) is 14.2 Å². The molecule has 0 bridgehead atoms. The number of methoxy groups -OCH3 is 2. The van der Waals surface area contributed by atoms with E-state index in [0.717, 1.165) is 5.56 Å². The highest BCUT2D eigenvalue weighted by Crippen LogP contribution is 2.30. The van der Waals surface area contributed by atoms with Crippen molar-refractivity contribution in [3.63, 3.8) is 0 Å². The van der Waals surface area contributed by atoms with Crippen LogP contribution in [0.1, 0.15) is 42.7 Å². The van der Waals surface area contributed by atoms with Crippen LogP contribution in [0.3, 0.4) is 0 Å². The second kappa shape index (κ2) is 8.42. The van der Waals surface area contributed by atoms with Crippen molar-refractivity contribution in [1.82, 2.24) is 5.32 Å². The molecular formula is C20H25NO4. The van der Waals surface area contributed by atoms with Gasteiger partial charge in [-0.05, 0) is 51.1 Å². The summed E-state index contributed by atoms with van der Waals surface area (Å²) in [6.45, 7) is 5.76. The molecule has 0 spiro atoms. The Balaban J connectivity index is 2.24. The van der Waals surface area contributed by atoms with Gasteiger partial charge < -0.3 is 19.5 Å². The molecule has 0 fully saturated rings. The van der Waals surface area contributed by atoms with Crippen molar-refractivity contribution in [3.05, 3.63) is 53.6 Å². The molecule has 0 aliphatic heterocycles. The summed E-state index contributed by atoms with van der Waals surface area (Å²) in [5.41, 5.74) is 1.35. The number of nitrogens with one attached hydrogen (secondary N) is 1. The van der Waals surface area contributed by atoms with Gasteiger partial charge in [0.05, 0.1) is 31.9 Å². The molecular weight excluding hydrogens is 318 g/mol. The lowest BCUT2D eigenvalue weighted by Crippen LogP contribution is -2.27. The summed E-state index contributed by atoms with van der Waals surface area (Å²) in [5, 5.41) is 3.00. The molecule has 25 heavy (non-hydrogen) atoms. The van der Waals surface area contributed by atoms with E-state index in [9.17, 15) is 4.79 Å². The van der Waals surface area contributed by atoms with Gasteiger partial charge in [-0.25, -0.2) is 0 Å². The molecule has 1 N–H and O–H groups in total. The van der Waals surface area contributed by atoms with Gasteiger partial charge in [-0.2, -0.15) is 0 Å². The zero-order valence-electron chi connectivity index (χ0n) is 15.3. The van der Waals surface area contributed by atoms with Crippen molar-refractivity contribution in [3.8, 4) is 17.2 Å². The molecule has 0 aliphatic rings. The summed E-state index contributed by atoms with van der Waals surface area (Å²) < 4.78 is 16.4. The van der Waals surface area contributed by atoms with Gasteiger partial charge in [-0.15, -0.1) is 0 Å². The minimum absolute atomic E-state index is 0.00940. The maximum absolute atomic E-state index is 12.7. The second-order valence-electron chi connectivity index (χ2n) is 5.97. The zero-order valence-corrected chi connectivity index (χ0v) is 15.3. The lowest BCUT2D eigenvalue weighted by atomic mass is 10.1. The van der Waals surface area contributed by atoms with Gasteiger partial charge in [0.1, 0.15) is 17.2 Å². The first-order chi connectivity index (χ1) is 12.0. The predicted octanol–water partition coefficient (Wildman–Crippen LogP) is 3.98. The van der Waals surface area contributed by atoms with Gasteiger partial charge in [0.2, 0.25) is 0 Å². The summed E-state index contributed by atoms with van der Waals surface area (Å²) >= 11 is 0. The molecule has 134 valence electrons. The largest absolute Gasteiger partial charge is 0.497 e. The van der Waals surface area contributed by atoms with Crippen molar-refractivity contribution >= 4 is 5.91 Å². The first-order valence-electron chi connectivity index (χ1n) is 8.24. The van der Waals surface area contributed by atoms with Crippen molar-refractivity contribution < 1.29 is 19.0 Å². The molecule has 0 saturated carbocycles. The van der Waals surface area contributed by atoms with Gasteiger partial charge >= 0.3 is 0 Å². The molecule has 1 atom stereocenters. The van der Waals surface area contributed by atoms with Crippen molar-refractivity contribution in [1.29, 1.82) is 0 Å². The average Bonchev–Trinajstić information content (AvgIpc) is 2.60. The molecule has 5 heteroatoms. The Morgan fingerprint density at radius 2 is 1.68 bits per heavy atom. The quantitative estimate of drug-likeness (QED) is 0.826. The maximum atomic E-state index is 12.7. The third-order valence-corrected chi connectivity index (χ3v) is 3.75. The van der Waals surface area contributed by atoms with E-state index >= 15 is 0 Å². The Morgan fingerprint density at radius 1 is 0.960 bits per heavy atom. The fourth-order valence-electron chi connectivity index (χ4n) is 2.54. The van der Waals surface area contributed by atoms with Crippen LogP contribution in [0, 0.1) is 0 Å². The van der Waals surface area contributed by atoms with Crippen LogP contribution in [0.5, 0.6) is 17.2 Å². The highest BCUT2D eigenvalue weighted by Gasteiger charge is 2.19. The van der Waals surface area contributed by atoms with Crippen molar-refractivity contribution in [2.24, 2.45) is 0 Å². The van der Waals surface area contributed by atoms with Gasteiger partial charge in [0.15, 0.2) is 0 Å². The Hall–Kier alpha value is -2.69. The third kappa shape index (κ3) is 4.66. The number of hydrogen-bond acceptors (Lipinski definition) is 4. The number of ether oxygens (including phenoxy) is 3. The van der Waals surface area contributed by atoms with Crippen LogP contribution in [0.15, 0.2) is 42.5 Å². The standard InChI is InChI=1S/C20H25NO4/c1-13(2)25-19-9-7-6-8-16(19)20(22)21-14(3)17-12-15(23-4)10-11-18(17)24-5/h6-14H,1-5H3,(H,21,22)/t14-/m1/s1. The first-order valence-corrected chi connectivity index (χ1v) is 8.24. The van der Waals surface area contributed by atoms with Crippen LogP contribution in [-0.2, 0) is 0 Å². The van der Waals surface area contributed by atoms with E-state index in [-0.39, 0.29) is 18.1 Å². The van der Waals surface area contributed by atoms with Crippen LogP contribution >= 0.6 is 0 Å². The summed E-state index contributed by atoms with van der Waals surface area (Å²) in [5.74, 6) is 1.77. The molecule has 0 heterocycles. The lowest BCUT2D eigenvalue weighted by molar-refractivity contribution is 0.0933. The molecule has 0 unspecified atom stereocenters. The van der Waals surface area contributed by atoms with Gasteiger partial charge in [-0.3, -0.25) is 4.79 Å². The first kappa shape index (κ1) is 18.6. The zero-order chi connectivity index (χ0) is 18.4. The molecule has 2 rings (SSSR count). The molecule has 2 aromatic rings. The summed E-state index contributed by atoms with van der Waals surface area (Å²) in [7, 11) is 3.21. The SMILES string of the molecule is COc1ccc(OC)c([C@@H](C)NC(=O)c2ccccc2OC(C)C)c1. The van der Waals surface area contributed by atoms with Gasteiger partial charge in [0.25, 0.3) is 5.91 Å². The van der Waals surface area contributed by atoms with Crippen molar-refractivity contribution in [2.75, 3.05) is 14.2 Å². The molecule has 5 nitrogen and oxygen atoms in total. The summed E-state index contributed by atoms with van der Waals surface area (Å²) in [4.78, 5) is 12.7. The molecule has 0 saturated heterocycles. The maximum Gasteiger partial charge on any atom is 0.255 e. The minimum atomic E-state index is -0.260. The number of benzene rings is 2. The topological polar surface area (TPSA) is 56.8 Å². The molecule has 1 amide bonds. The predicted molar refractivity (Wildman–Crippen MR) is 97.6 cm³/mol. The fourth-order valence-corrected chi connectivity index (χ4v) is 2.54. The Morgan fingerprint density at radius 3 is 2.32 bits per heavy atom. The van der Waals surface area contributed by atoms with Crippen LogP contribution in [0.4, 0.5) is 0 Å². The van der Waals surface area contributed by atoms with E-state index in [1.165, 1.54) is 0 Å². The van der Waals surface area contributed by atoms with Gasteiger partial charge in [-0.1, -0.05) is 12.1 Å². The second-order valence-corrected chi connectivity index (χ2v) is 5.97. The third-order valence-electron chi connectivity index (χ3n) is 3.75. The van der Waals surface area contributed by atoms with Crippen LogP contribution in [0.2, 0.25) is 0 Å². The molecule has 0 aliphatic carbocycles. The number of rotatable bonds is 7. The summed E-state index contributed by atoms with van der Waals surface area (Å²) in [6.07, 6.45) is -0.00940. The highest BCUT2D eigenvalue weighted by molar-refractivity contribution is 5.97. The normalized spacial score (nSPS) is 11.8. The number of amides is 1. The van der Waals surface area contributed by atoms with Gasteiger partial charge in [0, 0.05) is 5.56 Å². The Bertz CT molecular complexity index is 727. The number of carbonyl (C=O) groups is 1. The van der Waals surface area contributed by atoms with Crippen LogP contribution < -0.4 is 19.5 Å². The average molecular weight is 343 g/mol. The monoisotopic (exact) mass is 343 g/mol. The molecule has 2 aromatic carbocycles. The van der Waals surface area contributed by atoms with E-state index in [0.29, 0.717) is 22.8 Å². The van der Waals surface area contributed by atoms with E-state index < -0.39 is 0 Å². The number of hydrogen-bond donors (Lipinski definition) is 1. The van der Waals surface area contributed by atoms with Crippen molar-refractivity contribution in [2.45, 2.75) is 32.9 Å². The number of para-hydroxylation sites is 1. The van der Waals surface area contributed by atoms with E-state index in [1.54, 1.807) is 26.4 Å². The fraction of sp³-hybridized carbons (Fsp3) is 0.350. The van der Waals surface area contributed by atoms with E-state index in [2.05, 4.69) is 5.32 Å². The minimum Gasteiger partial charge on any atom is -0.497 e. The highest BCUT2D eigenvalue weighted by atomic mass is 16.5. The van der Waals surface area contributed by atoms with Crippen LogP contribution in [-0.4, -0.2) is 26.2 Å². The van der Waals surface area contributed by atoms with Crippen LogP contribution in [0.25, 0.3) is 0 Å².